The molecule has 0 bridgehead atoms. The van der Waals surface area contributed by atoms with E-state index < -0.39 is 17.9 Å². The lowest BCUT2D eigenvalue weighted by Gasteiger charge is -2.23. The van der Waals surface area contributed by atoms with Crippen LogP contribution in [-0.2, 0) is 25.7 Å². The van der Waals surface area contributed by atoms with Gasteiger partial charge in [-0.1, -0.05) is 32.9 Å². The normalized spacial score (nSPS) is 10.9. The van der Waals surface area contributed by atoms with Gasteiger partial charge in [-0.15, -0.1) is 0 Å². The van der Waals surface area contributed by atoms with Crippen molar-refractivity contribution >= 4 is 23.6 Å². The van der Waals surface area contributed by atoms with Gasteiger partial charge in [-0.3, -0.25) is 19.2 Å². The zero-order valence-corrected chi connectivity index (χ0v) is 19.2. The van der Waals surface area contributed by atoms with Crippen LogP contribution in [0.2, 0.25) is 0 Å². The predicted octanol–water partition coefficient (Wildman–Crippen LogP) is -0.338. The number of benzene rings is 1. The van der Waals surface area contributed by atoms with Gasteiger partial charge in [0.2, 0.25) is 17.7 Å². The van der Waals surface area contributed by atoms with E-state index in [4.69, 9.17) is 9.84 Å². The van der Waals surface area contributed by atoms with Crippen LogP contribution in [0, 0.1) is 5.41 Å². The highest BCUT2D eigenvalue weighted by molar-refractivity contribution is 5.94. The molecule has 0 spiro atoms. The lowest BCUT2D eigenvalue weighted by atomic mass is 9.95. The average molecular weight is 451 g/mol. The van der Waals surface area contributed by atoms with Crippen molar-refractivity contribution in [2.75, 3.05) is 46.5 Å². The molecule has 0 radical (unpaired) electrons. The Hall–Kier alpha value is -2.98. The molecule has 0 saturated carbocycles. The molecule has 32 heavy (non-hydrogen) atoms. The summed E-state index contributed by atoms with van der Waals surface area (Å²) in [6.45, 7) is 5.80. The first-order chi connectivity index (χ1) is 15.1. The van der Waals surface area contributed by atoms with Gasteiger partial charge in [-0.05, 0) is 17.7 Å². The van der Waals surface area contributed by atoms with E-state index in [9.17, 15) is 19.2 Å². The Labute approximate surface area is 188 Å². The summed E-state index contributed by atoms with van der Waals surface area (Å²) in [5.74, 6) is -1.22. The minimum Gasteiger partial charge on any atom is -0.387 e. The summed E-state index contributed by atoms with van der Waals surface area (Å²) in [7, 11) is 1.41. The summed E-state index contributed by atoms with van der Waals surface area (Å²) < 4.78 is 4.76. The van der Waals surface area contributed by atoms with Gasteiger partial charge >= 0.3 is 0 Å². The molecule has 1 aromatic rings. The van der Waals surface area contributed by atoms with Crippen molar-refractivity contribution < 1.29 is 29.0 Å². The Morgan fingerprint density at radius 1 is 1.00 bits per heavy atom. The Morgan fingerprint density at radius 2 is 1.62 bits per heavy atom. The Bertz CT molecular complexity index is 791. The fraction of sp³-hybridized carbons (Fsp3) is 0.545. The molecule has 0 aliphatic rings. The molecule has 178 valence electrons. The second kappa shape index (κ2) is 13.4. The summed E-state index contributed by atoms with van der Waals surface area (Å²) in [6.07, 6.45) is 0. The van der Waals surface area contributed by atoms with Gasteiger partial charge in [0.25, 0.3) is 5.91 Å². The van der Waals surface area contributed by atoms with E-state index in [0.29, 0.717) is 5.56 Å². The van der Waals surface area contributed by atoms with Gasteiger partial charge in [-0.2, -0.15) is 0 Å². The number of hydrogen-bond acceptors (Lipinski definition) is 6. The summed E-state index contributed by atoms with van der Waals surface area (Å²) in [5, 5.41) is 16.8. The van der Waals surface area contributed by atoms with Crippen molar-refractivity contribution in [2.45, 2.75) is 27.3 Å². The van der Waals surface area contributed by atoms with Crippen molar-refractivity contribution in [1.29, 1.82) is 0 Å². The molecule has 4 amide bonds. The van der Waals surface area contributed by atoms with E-state index in [1.807, 2.05) is 26.8 Å². The van der Waals surface area contributed by atoms with Crippen molar-refractivity contribution in [3.63, 3.8) is 0 Å². The first-order valence-electron chi connectivity index (χ1n) is 10.4. The lowest BCUT2D eigenvalue weighted by molar-refractivity contribution is -0.128. The first-order valence-corrected chi connectivity index (χ1v) is 10.4. The quantitative estimate of drug-likeness (QED) is 0.344. The number of carbonyl (C=O) groups excluding carboxylic acids is 4. The minimum atomic E-state index is -0.636. The third kappa shape index (κ3) is 9.88. The number of nitrogens with one attached hydrogen (secondary N) is 3. The smallest absolute Gasteiger partial charge is 0.253 e. The Kier molecular flexibility index (Phi) is 11.4. The van der Waals surface area contributed by atoms with Crippen LogP contribution in [0.5, 0.6) is 0 Å². The molecule has 10 nitrogen and oxygen atoms in total. The number of nitrogens with zero attached hydrogens (tertiary/aromatic N) is 1. The standard InChI is InChI=1S/C22H34N4O6/c1-22(2,3)21(31)25-13-16-6-5-7-17(12-16)20(30)26(10-8-23-18(28)14-27)11-9-24-19(29)15-32-4/h5-7,12,27H,8-11,13-15H2,1-4H3,(H,23,28)(H,24,29)(H,25,31). The third-order valence-electron chi connectivity index (χ3n) is 4.42. The van der Waals surface area contributed by atoms with Crippen LogP contribution in [0.25, 0.3) is 0 Å². The fourth-order valence-corrected chi connectivity index (χ4v) is 2.66. The van der Waals surface area contributed by atoms with Crippen LogP contribution in [0.1, 0.15) is 36.7 Å². The van der Waals surface area contributed by atoms with Gasteiger partial charge < -0.3 is 30.7 Å². The zero-order valence-electron chi connectivity index (χ0n) is 19.2. The number of carbonyl (C=O) groups is 4. The molecular weight excluding hydrogens is 416 g/mol. The van der Waals surface area contributed by atoms with Gasteiger partial charge in [0.05, 0.1) is 0 Å². The molecule has 1 rings (SSSR count). The first kappa shape index (κ1) is 27.1. The van der Waals surface area contributed by atoms with E-state index in [1.54, 1.807) is 18.2 Å². The number of aliphatic hydroxyl groups is 1. The number of rotatable bonds is 12. The van der Waals surface area contributed by atoms with Gasteiger partial charge in [0.15, 0.2) is 0 Å². The molecule has 0 aliphatic heterocycles. The molecule has 0 aliphatic carbocycles. The molecule has 1 aromatic carbocycles. The fourth-order valence-electron chi connectivity index (χ4n) is 2.66. The highest BCUT2D eigenvalue weighted by Gasteiger charge is 2.21. The van der Waals surface area contributed by atoms with E-state index in [1.165, 1.54) is 12.0 Å². The largest absolute Gasteiger partial charge is 0.387 e. The van der Waals surface area contributed by atoms with Crippen LogP contribution >= 0.6 is 0 Å². The van der Waals surface area contributed by atoms with Crippen molar-refractivity contribution in [1.82, 2.24) is 20.9 Å². The average Bonchev–Trinajstić information content (AvgIpc) is 2.75. The van der Waals surface area contributed by atoms with Gasteiger partial charge in [-0.25, -0.2) is 0 Å². The Morgan fingerprint density at radius 3 is 2.19 bits per heavy atom. The highest BCUT2D eigenvalue weighted by Crippen LogP contribution is 2.14. The van der Waals surface area contributed by atoms with Crippen molar-refractivity contribution in [3.8, 4) is 0 Å². The molecule has 4 N–H and O–H groups in total. The molecule has 0 fully saturated rings. The van der Waals surface area contributed by atoms with Crippen molar-refractivity contribution in [3.05, 3.63) is 35.4 Å². The number of ether oxygens (including phenoxy) is 1. The van der Waals surface area contributed by atoms with E-state index in [0.717, 1.165) is 5.56 Å². The van der Waals surface area contributed by atoms with Crippen LogP contribution in [0.4, 0.5) is 0 Å². The lowest BCUT2D eigenvalue weighted by Crippen LogP contribution is -2.43. The number of hydrogen-bond donors (Lipinski definition) is 4. The maximum atomic E-state index is 13.1. The van der Waals surface area contributed by atoms with Gasteiger partial charge in [0, 0.05) is 50.8 Å². The highest BCUT2D eigenvalue weighted by atomic mass is 16.5. The van der Waals surface area contributed by atoms with Crippen LogP contribution < -0.4 is 16.0 Å². The number of amides is 4. The molecular formula is C22H34N4O6. The van der Waals surface area contributed by atoms with Crippen LogP contribution in [0.15, 0.2) is 24.3 Å². The minimum absolute atomic E-state index is 0.0805. The maximum absolute atomic E-state index is 13.1. The zero-order chi connectivity index (χ0) is 24.1. The second-order valence-electron chi connectivity index (χ2n) is 8.22. The molecule has 0 atom stereocenters. The number of methoxy groups -OCH3 is 1. The molecule has 0 saturated heterocycles. The van der Waals surface area contributed by atoms with E-state index in [-0.39, 0.29) is 57.1 Å². The molecule has 0 unspecified atom stereocenters. The summed E-state index contributed by atoms with van der Waals surface area (Å²) in [5.41, 5.74) is 0.677. The Balaban J connectivity index is 2.83. The van der Waals surface area contributed by atoms with E-state index in [2.05, 4.69) is 16.0 Å². The maximum Gasteiger partial charge on any atom is 0.253 e. The SMILES string of the molecule is COCC(=O)NCCN(CCNC(=O)CO)C(=O)c1cccc(CNC(=O)C(C)(C)C)c1. The predicted molar refractivity (Wildman–Crippen MR) is 119 cm³/mol. The summed E-state index contributed by atoms with van der Waals surface area (Å²) >= 11 is 0. The summed E-state index contributed by atoms with van der Waals surface area (Å²) in [4.78, 5) is 49.5. The van der Waals surface area contributed by atoms with Gasteiger partial charge in [0.1, 0.15) is 13.2 Å². The summed E-state index contributed by atoms with van der Waals surface area (Å²) in [6, 6.07) is 6.92. The topological polar surface area (TPSA) is 137 Å². The second-order valence-corrected chi connectivity index (χ2v) is 8.22. The molecule has 0 heterocycles. The van der Waals surface area contributed by atoms with Crippen molar-refractivity contribution in [2.24, 2.45) is 5.41 Å². The van der Waals surface area contributed by atoms with E-state index >= 15 is 0 Å². The molecule has 10 heteroatoms. The monoisotopic (exact) mass is 450 g/mol. The molecule has 0 aromatic heterocycles. The van der Waals surface area contributed by atoms with Crippen LogP contribution in [0.3, 0.4) is 0 Å². The third-order valence-corrected chi connectivity index (χ3v) is 4.42. The van der Waals surface area contributed by atoms with Crippen LogP contribution in [-0.4, -0.2) is 80.1 Å². The number of aliphatic hydroxyl groups excluding tert-OH is 1.